The zero-order valence-corrected chi connectivity index (χ0v) is 18.9. The summed E-state index contributed by atoms with van der Waals surface area (Å²) in [4.78, 5) is 16.3. The number of nitrogens with one attached hydrogen (secondary N) is 2. The van der Waals surface area contributed by atoms with E-state index in [1.807, 2.05) is 30.5 Å². The number of fused-ring (bicyclic) bond motifs is 1. The van der Waals surface area contributed by atoms with E-state index in [1.54, 1.807) is 24.3 Å². The molecular weight excluding hydrogens is 459 g/mol. The molecular formula is C26H24F3N3O3. The Balaban J connectivity index is 1.63. The molecule has 0 saturated carbocycles. The van der Waals surface area contributed by atoms with Crippen LogP contribution in [-0.2, 0) is 6.42 Å². The van der Waals surface area contributed by atoms with Crippen molar-refractivity contribution >= 4 is 16.8 Å². The minimum absolute atomic E-state index is 0.0935. The van der Waals surface area contributed by atoms with Crippen LogP contribution in [0.2, 0.25) is 0 Å². The lowest BCUT2D eigenvalue weighted by Crippen LogP contribution is -2.42. The molecule has 1 unspecified atom stereocenters. The maximum atomic E-state index is 13.2. The smallest absolute Gasteiger partial charge is 0.497 e. The number of carbonyl (C=O) groups excluding carboxylic acids is 1. The van der Waals surface area contributed by atoms with Gasteiger partial charge in [0.1, 0.15) is 11.5 Å². The maximum Gasteiger partial charge on any atom is 0.573 e. The van der Waals surface area contributed by atoms with Crippen molar-refractivity contribution in [2.45, 2.75) is 18.8 Å². The van der Waals surface area contributed by atoms with Crippen LogP contribution < -0.4 is 20.5 Å². The molecule has 6 nitrogen and oxygen atoms in total. The first-order valence-corrected chi connectivity index (χ1v) is 10.9. The van der Waals surface area contributed by atoms with Crippen molar-refractivity contribution in [1.82, 2.24) is 10.3 Å². The normalized spacial score (nSPS) is 12.4. The average Bonchev–Trinajstić information content (AvgIpc) is 3.25. The van der Waals surface area contributed by atoms with Crippen LogP contribution in [0.15, 0.2) is 72.9 Å². The Hall–Kier alpha value is -3.98. The van der Waals surface area contributed by atoms with Crippen LogP contribution in [0.3, 0.4) is 0 Å². The van der Waals surface area contributed by atoms with Gasteiger partial charge >= 0.3 is 6.36 Å². The highest BCUT2D eigenvalue weighted by atomic mass is 19.4. The van der Waals surface area contributed by atoms with Crippen molar-refractivity contribution < 1.29 is 27.4 Å². The molecule has 4 aromatic rings. The molecule has 1 heterocycles. The highest BCUT2D eigenvalue weighted by Gasteiger charge is 2.33. The van der Waals surface area contributed by atoms with Crippen molar-refractivity contribution in [3.8, 4) is 22.6 Å². The average molecular weight is 483 g/mol. The van der Waals surface area contributed by atoms with Gasteiger partial charge in [-0.2, -0.15) is 0 Å². The molecule has 9 heteroatoms. The van der Waals surface area contributed by atoms with Crippen molar-refractivity contribution in [2.75, 3.05) is 13.7 Å². The molecule has 1 atom stereocenters. The second-order valence-electron chi connectivity index (χ2n) is 7.96. The molecule has 4 rings (SSSR count). The number of halogens is 3. The van der Waals surface area contributed by atoms with Crippen molar-refractivity contribution in [1.29, 1.82) is 0 Å². The number of hydrogen-bond donors (Lipinski definition) is 3. The molecule has 0 radical (unpaired) electrons. The van der Waals surface area contributed by atoms with E-state index in [1.165, 1.54) is 19.2 Å². The third kappa shape index (κ3) is 5.75. The second-order valence-corrected chi connectivity index (χ2v) is 7.96. The zero-order valence-electron chi connectivity index (χ0n) is 18.9. The number of methoxy groups -OCH3 is 1. The fourth-order valence-corrected chi connectivity index (χ4v) is 3.93. The van der Waals surface area contributed by atoms with Gasteiger partial charge in [0, 0.05) is 29.7 Å². The number of aromatic nitrogens is 1. The summed E-state index contributed by atoms with van der Waals surface area (Å²) in [6.45, 7) is 0.0935. The molecule has 0 spiro atoms. The fraction of sp³-hybridized carbons (Fsp3) is 0.192. The number of hydrogen-bond acceptors (Lipinski definition) is 4. The summed E-state index contributed by atoms with van der Waals surface area (Å²) in [5, 5.41) is 3.75. The quantitative estimate of drug-likeness (QED) is 0.328. The minimum Gasteiger partial charge on any atom is -0.497 e. The van der Waals surface area contributed by atoms with Crippen LogP contribution in [0, 0.1) is 0 Å². The van der Waals surface area contributed by atoms with E-state index in [0.29, 0.717) is 23.3 Å². The molecule has 0 aliphatic rings. The largest absolute Gasteiger partial charge is 0.573 e. The number of H-pyrrole nitrogens is 1. The summed E-state index contributed by atoms with van der Waals surface area (Å²) in [6, 6.07) is 18.1. The van der Waals surface area contributed by atoms with Crippen molar-refractivity contribution in [2.24, 2.45) is 5.73 Å². The molecule has 0 bridgehead atoms. The van der Waals surface area contributed by atoms with Gasteiger partial charge in [0.05, 0.1) is 12.7 Å². The Morgan fingerprint density at radius 3 is 2.57 bits per heavy atom. The van der Waals surface area contributed by atoms with E-state index in [4.69, 9.17) is 10.5 Å². The van der Waals surface area contributed by atoms with Crippen LogP contribution in [-0.4, -0.2) is 36.9 Å². The number of aromatic amines is 1. The van der Waals surface area contributed by atoms with Gasteiger partial charge in [-0.3, -0.25) is 4.79 Å². The molecule has 0 aliphatic carbocycles. The predicted octanol–water partition coefficient (Wildman–Crippen LogP) is 5.04. The van der Waals surface area contributed by atoms with Crippen molar-refractivity contribution in [3.05, 3.63) is 84.1 Å². The van der Waals surface area contributed by atoms with E-state index in [9.17, 15) is 18.0 Å². The third-order valence-electron chi connectivity index (χ3n) is 5.61. The lowest BCUT2D eigenvalue weighted by Gasteiger charge is -2.19. The summed E-state index contributed by atoms with van der Waals surface area (Å²) >= 11 is 0. The van der Waals surface area contributed by atoms with Gasteiger partial charge in [-0.25, -0.2) is 0 Å². The van der Waals surface area contributed by atoms with Gasteiger partial charge in [0.15, 0.2) is 0 Å². The van der Waals surface area contributed by atoms with Crippen LogP contribution in [0.4, 0.5) is 13.2 Å². The van der Waals surface area contributed by atoms with Gasteiger partial charge in [-0.1, -0.05) is 36.4 Å². The Morgan fingerprint density at radius 1 is 1.06 bits per heavy atom. The number of nitrogens with two attached hydrogens (primary N) is 1. The van der Waals surface area contributed by atoms with Gasteiger partial charge in [0.2, 0.25) is 0 Å². The molecule has 0 fully saturated rings. The molecule has 0 saturated heterocycles. The maximum absolute atomic E-state index is 13.2. The van der Waals surface area contributed by atoms with Crippen LogP contribution in [0.5, 0.6) is 11.5 Å². The summed E-state index contributed by atoms with van der Waals surface area (Å²) < 4.78 is 48.5. The van der Waals surface area contributed by atoms with Gasteiger partial charge in [-0.15, -0.1) is 13.2 Å². The molecule has 182 valence electrons. The van der Waals surface area contributed by atoms with E-state index >= 15 is 0 Å². The zero-order chi connectivity index (χ0) is 25.0. The summed E-state index contributed by atoms with van der Waals surface area (Å²) in [7, 11) is 1.51. The number of ether oxygens (including phenoxy) is 2. The monoisotopic (exact) mass is 483 g/mol. The lowest BCUT2D eigenvalue weighted by molar-refractivity contribution is -0.274. The lowest BCUT2D eigenvalue weighted by atomic mass is 10.0. The van der Waals surface area contributed by atoms with E-state index < -0.39 is 24.1 Å². The Bertz CT molecular complexity index is 1330. The summed E-state index contributed by atoms with van der Waals surface area (Å²) in [5.41, 5.74) is 8.74. The fourth-order valence-electron chi connectivity index (χ4n) is 3.93. The first-order valence-electron chi connectivity index (χ1n) is 10.9. The molecule has 0 aliphatic heterocycles. The summed E-state index contributed by atoms with van der Waals surface area (Å²) in [5.74, 6) is -0.736. The number of alkyl halides is 3. The first kappa shape index (κ1) is 24.2. The van der Waals surface area contributed by atoms with E-state index in [0.717, 1.165) is 22.5 Å². The highest BCUT2D eigenvalue weighted by Crippen LogP contribution is 2.32. The SMILES string of the molecule is COc1cccc(-c2ccc(OC(F)(F)F)c(C(=O)NC(CN)Cc3c[nH]c4ccccc34)c2)c1. The molecule has 4 N–H and O–H groups in total. The first-order chi connectivity index (χ1) is 16.8. The topological polar surface area (TPSA) is 89.4 Å². The summed E-state index contributed by atoms with van der Waals surface area (Å²) in [6.07, 6.45) is -2.72. The van der Waals surface area contributed by atoms with Crippen molar-refractivity contribution in [3.63, 3.8) is 0 Å². The van der Waals surface area contributed by atoms with E-state index in [-0.39, 0.29) is 12.1 Å². The van der Waals surface area contributed by atoms with Crippen LogP contribution in [0.1, 0.15) is 15.9 Å². The Morgan fingerprint density at radius 2 is 1.83 bits per heavy atom. The minimum atomic E-state index is -4.95. The molecule has 35 heavy (non-hydrogen) atoms. The van der Waals surface area contributed by atoms with E-state index in [2.05, 4.69) is 15.0 Å². The number of rotatable bonds is 8. The number of benzene rings is 3. The van der Waals surface area contributed by atoms with Gasteiger partial charge in [-0.05, 0) is 53.4 Å². The number of amides is 1. The highest BCUT2D eigenvalue weighted by molar-refractivity contribution is 5.98. The van der Waals surface area contributed by atoms with Crippen LogP contribution in [0.25, 0.3) is 22.0 Å². The third-order valence-corrected chi connectivity index (χ3v) is 5.61. The van der Waals surface area contributed by atoms with Gasteiger partial charge < -0.3 is 25.5 Å². The molecule has 3 aromatic carbocycles. The standard InChI is InChI=1S/C26H24F3N3O3/c1-34-20-6-4-5-16(12-20)17-9-10-24(35-26(27,28)29)22(13-17)25(33)32-19(14-30)11-18-15-31-23-8-3-2-7-21(18)23/h2-10,12-13,15,19,31H,11,14,30H2,1H3,(H,32,33). The second kappa shape index (κ2) is 10.1. The Labute approximate surface area is 199 Å². The Kier molecular flexibility index (Phi) is 6.97. The molecule has 1 amide bonds. The number of carbonyl (C=O) groups is 1. The van der Waals surface area contributed by atoms with Crippen LogP contribution >= 0.6 is 0 Å². The number of para-hydroxylation sites is 1. The predicted molar refractivity (Wildman–Crippen MR) is 127 cm³/mol. The van der Waals surface area contributed by atoms with Gasteiger partial charge in [0.25, 0.3) is 5.91 Å². The molecule has 1 aromatic heterocycles.